The first-order chi connectivity index (χ1) is 11.2. The molecule has 1 saturated heterocycles. The van der Waals surface area contributed by atoms with Crippen LogP contribution in [0.3, 0.4) is 0 Å². The molecule has 1 aromatic carbocycles. The zero-order valence-corrected chi connectivity index (χ0v) is 12.6. The Morgan fingerprint density at radius 2 is 2.17 bits per heavy atom. The molecule has 6 heteroatoms. The maximum Gasteiger partial charge on any atom is 0.254 e. The lowest BCUT2D eigenvalue weighted by Crippen LogP contribution is -2.56. The van der Waals surface area contributed by atoms with E-state index in [2.05, 4.69) is 4.98 Å². The summed E-state index contributed by atoms with van der Waals surface area (Å²) in [6, 6.07) is 12.3. The van der Waals surface area contributed by atoms with Crippen LogP contribution in [0.25, 0.3) is 0 Å². The van der Waals surface area contributed by atoms with Crippen LogP contribution in [0.2, 0.25) is 0 Å². The Labute approximate surface area is 133 Å². The first-order valence-electron chi connectivity index (χ1n) is 7.16. The lowest BCUT2D eigenvalue weighted by Gasteiger charge is -2.38. The molecule has 0 saturated carbocycles. The van der Waals surface area contributed by atoms with E-state index in [-0.39, 0.29) is 12.0 Å². The second-order valence-corrected chi connectivity index (χ2v) is 5.18. The third-order valence-electron chi connectivity index (χ3n) is 3.60. The lowest BCUT2D eigenvalue weighted by molar-refractivity contribution is 0.0160. The molecule has 0 atom stereocenters. The summed E-state index contributed by atoms with van der Waals surface area (Å²) in [5, 5.41) is 8.85. The number of nitrogens with zero attached hydrogens (tertiary/aromatic N) is 3. The lowest BCUT2D eigenvalue weighted by atomic mass is 10.1. The van der Waals surface area contributed by atoms with Gasteiger partial charge >= 0.3 is 0 Å². The molecule has 1 aliphatic rings. The van der Waals surface area contributed by atoms with Crippen molar-refractivity contribution in [1.82, 2.24) is 9.88 Å². The standard InChI is InChI=1S/C17H15N3O3/c1-22-14-4-2-3-13(8-14)17(21)20-10-15(11-20)23-16-7-12(9-18)5-6-19-16/h2-8,15H,10-11H2,1H3. The molecule has 0 aliphatic carbocycles. The molecule has 23 heavy (non-hydrogen) atoms. The highest BCUT2D eigenvalue weighted by atomic mass is 16.5. The van der Waals surface area contributed by atoms with Crippen LogP contribution in [0.4, 0.5) is 0 Å². The molecular weight excluding hydrogens is 294 g/mol. The van der Waals surface area contributed by atoms with E-state index in [1.807, 2.05) is 6.07 Å². The highest BCUT2D eigenvalue weighted by Gasteiger charge is 2.33. The van der Waals surface area contributed by atoms with Gasteiger partial charge in [0.15, 0.2) is 0 Å². The Morgan fingerprint density at radius 3 is 2.91 bits per heavy atom. The average molecular weight is 309 g/mol. The monoisotopic (exact) mass is 309 g/mol. The Balaban J connectivity index is 1.58. The second kappa shape index (κ2) is 6.36. The number of nitriles is 1. The summed E-state index contributed by atoms with van der Waals surface area (Å²) in [4.78, 5) is 18.1. The number of likely N-dealkylation sites (tertiary alicyclic amines) is 1. The number of benzene rings is 1. The van der Waals surface area contributed by atoms with E-state index >= 15 is 0 Å². The molecule has 0 radical (unpaired) electrons. The van der Waals surface area contributed by atoms with Crippen molar-refractivity contribution in [3.05, 3.63) is 53.7 Å². The summed E-state index contributed by atoms with van der Waals surface area (Å²) in [6.07, 6.45) is 1.43. The number of ether oxygens (including phenoxy) is 2. The number of hydrogen-bond donors (Lipinski definition) is 0. The summed E-state index contributed by atoms with van der Waals surface area (Å²) in [5.74, 6) is 1.01. The van der Waals surface area contributed by atoms with E-state index in [4.69, 9.17) is 14.7 Å². The minimum atomic E-state index is -0.106. The van der Waals surface area contributed by atoms with Crippen LogP contribution in [0, 0.1) is 11.3 Å². The van der Waals surface area contributed by atoms with E-state index < -0.39 is 0 Å². The summed E-state index contributed by atoms with van der Waals surface area (Å²) in [6.45, 7) is 0.989. The molecule has 0 unspecified atom stereocenters. The molecule has 1 amide bonds. The van der Waals surface area contributed by atoms with E-state index in [0.29, 0.717) is 35.8 Å². The number of hydrogen-bond acceptors (Lipinski definition) is 5. The number of aromatic nitrogens is 1. The van der Waals surface area contributed by atoms with Crippen molar-refractivity contribution in [3.8, 4) is 17.7 Å². The van der Waals surface area contributed by atoms with Gasteiger partial charge < -0.3 is 14.4 Å². The van der Waals surface area contributed by atoms with Gasteiger partial charge in [0.05, 0.1) is 31.8 Å². The first kappa shape index (κ1) is 14.9. The van der Waals surface area contributed by atoms with Crippen LogP contribution >= 0.6 is 0 Å². The molecule has 1 fully saturated rings. The van der Waals surface area contributed by atoms with Crippen LogP contribution < -0.4 is 9.47 Å². The maximum absolute atomic E-state index is 12.3. The van der Waals surface area contributed by atoms with Crippen molar-refractivity contribution in [2.24, 2.45) is 0 Å². The largest absolute Gasteiger partial charge is 0.497 e. The molecule has 0 spiro atoms. The van der Waals surface area contributed by atoms with Gasteiger partial charge in [-0.2, -0.15) is 5.26 Å². The summed E-state index contributed by atoms with van der Waals surface area (Å²) in [7, 11) is 1.57. The van der Waals surface area contributed by atoms with Crippen molar-refractivity contribution in [3.63, 3.8) is 0 Å². The van der Waals surface area contributed by atoms with E-state index in [1.165, 1.54) is 6.20 Å². The minimum Gasteiger partial charge on any atom is -0.497 e. The average Bonchev–Trinajstić information content (AvgIpc) is 2.57. The second-order valence-electron chi connectivity index (χ2n) is 5.18. The van der Waals surface area contributed by atoms with Crippen LogP contribution in [0.15, 0.2) is 42.6 Å². The fourth-order valence-corrected chi connectivity index (χ4v) is 2.33. The van der Waals surface area contributed by atoms with Gasteiger partial charge in [-0.05, 0) is 24.3 Å². The maximum atomic E-state index is 12.3. The van der Waals surface area contributed by atoms with Crippen molar-refractivity contribution in [1.29, 1.82) is 5.26 Å². The van der Waals surface area contributed by atoms with Gasteiger partial charge in [-0.1, -0.05) is 6.07 Å². The van der Waals surface area contributed by atoms with Crippen LogP contribution in [0.5, 0.6) is 11.6 Å². The number of carbonyl (C=O) groups excluding carboxylic acids is 1. The molecule has 1 aromatic heterocycles. The Morgan fingerprint density at radius 1 is 1.35 bits per heavy atom. The van der Waals surface area contributed by atoms with E-state index in [1.54, 1.807) is 48.4 Å². The third-order valence-corrected chi connectivity index (χ3v) is 3.60. The minimum absolute atomic E-state index is 0.0533. The fraction of sp³-hybridized carbons (Fsp3) is 0.235. The van der Waals surface area contributed by atoms with Crippen LogP contribution in [-0.4, -0.2) is 42.1 Å². The van der Waals surface area contributed by atoms with E-state index in [0.717, 1.165) is 0 Å². The van der Waals surface area contributed by atoms with Gasteiger partial charge in [-0.25, -0.2) is 4.98 Å². The molecule has 2 aromatic rings. The van der Waals surface area contributed by atoms with Crippen molar-refractivity contribution in [2.45, 2.75) is 6.10 Å². The molecule has 1 aliphatic heterocycles. The van der Waals surface area contributed by atoms with Gasteiger partial charge in [0, 0.05) is 17.8 Å². The van der Waals surface area contributed by atoms with Crippen molar-refractivity contribution >= 4 is 5.91 Å². The fourth-order valence-electron chi connectivity index (χ4n) is 2.33. The zero-order chi connectivity index (χ0) is 16.2. The zero-order valence-electron chi connectivity index (χ0n) is 12.6. The Bertz CT molecular complexity index is 764. The van der Waals surface area contributed by atoms with Gasteiger partial charge in [0.25, 0.3) is 5.91 Å². The first-order valence-corrected chi connectivity index (χ1v) is 7.16. The normalized spacial score (nSPS) is 13.8. The van der Waals surface area contributed by atoms with Crippen molar-refractivity contribution < 1.29 is 14.3 Å². The predicted octanol–water partition coefficient (Wildman–Crippen LogP) is 1.87. The highest BCUT2D eigenvalue weighted by molar-refractivity contribution is 5.95. The Hall–Kier alpha value is -3.07. The van der Waals surface area contributed by atoms with Crippen molar-refractivity contribution in [2.75, 3.05) is 20.2 Å². The van der Waals surface area contributed by atoms with Gasteiger partial charge in [0.2, 0.25) is 5.88 Å². The molecule has 2 heterocycles. The smallest absolute Gasteiger partial charge is 0.254 e. The number of amides is 1. The molecule has 0 N–H and O–H groups in total. The van der Waals surface area contributed by atoms with Gasteiger partial charge in [-0.3, -0.25) is 4.79 Å². The molecule has 6 nitrogen and oxygen atoms in total. The third kappa shape index (κ3) is 3.24. The number of pyridine rings is 1. The topological polar surface area (TPSA) is 75.4 Å². The van der Waals surface area contributed by atoms with Gasteiger partial charge in [-0.15, -0.1) is 0 Å². The van der Waals surface area contributed by atoms with Gasteiger partial charge in [0.1, 0.15) is 11.9 Å². The quantitative estimate of drug-likeness (QED) is 0.861. The molecule has 0 bridgehead atoms. The number of rotatable bonds is 4. The summed E-state index contributed by atoms with van der Waals surface area (Å²) < 4.78 is 10.8. The summed E-state index contributed by atoms with van der Waals surface area (Å²) >= 11 is 0. The molecular formula is C17H15N3O3. The summed E-state index contributed by atoms with van der Waals surface area (Å²) in [5.41, 5.74) is 1.09. The molecule has 116 valence electrons. The van der Waals surface area contributed by atoms with Crippen LogP contribution in [-0.2, 0) is 0 Å². The highest BCUT2D eigenvalue weighted by Crippen LogP contribution is 2.21. The SMILES string of the molecule is COc1cccc(C(=O)N2CC(Oc3cc(C#N)ccn3)C2)c1. The molecule has 3 rings (SSSR count). The Kier molecular flexibility index (Phi) is 4.11. The number of methoxy groups -OCH3 is 1. The predicted molar refractivity (Wildman–Crippen MR) is 82.3 cm³/mol. The van der Waals surface area contributed by atoms with Crippen LogP contribution in [0.1, 0.15) is 15.9 Å². The number of carbonyl (C=O) groups is 1. The van der Waals surface area contributed by atoms with E-state index in [9.17, 15) is 4.79 Å².